The molecule has 0 saturated carbocycles. The number of benzene rings is 3. The number of carboxylic acid groups (broad SMARTS) is 1. The number of thiophene rings is 5. The average Bonchev–Trinajstić information content (AvgIpc) is 4.19. The van der Waals surface area contributed by atoms with E-state index in [9.17, 15) is 9.90 Å². The summed E-state index contributed by atoms with van der Waals surface area (Å²) < 4.78 is 0. The molecule has 4 bridgehead atoms. The second-order valence-electron chi connectivity index (χ2n) is 21.4. The van der Waals surface area contributed by atoms with E-state index in [1.165, 1.54) is 128 Å². The van der Waals surface area contributed by atoms with E-state index in [0.29, 0.717) is 5.56 Å². The molecule has 0 aliphatic carbocycles. The Morgan fingerprint density at radius 1 is 0.486 bits per heavy atom. The molecule has 0 saturated heterocycles. The fourth-order valence-electron chi connectivity index (χ4n) is 9.98. The summed E-state index contributed by atoms with van der Waals surface area (Å²) in [7, 11) is 0. The van der Waals surface area contributed by atoms with Crippen molar-refractivity contribution < 1.29 is 9.90 Å². The fourth-order valence-corrected chi connectivity index (χ4v) is 15.6. The molecule has 70 heavy (non-hydrogen) atoms. The minimum Gasteiger partial charge on any atom is -0.478 e. The molecule has 0 radical (unpaired) electrons. The van der Waals surface area contributed by atoms with E-state index in [2.05, 4.69) is 165 Å². The van der Waals surface area contributed by atoms with Crippen molar-refractivity contribution in [1.82, 2.24) is 0 Å². The van der Waals surface area contributed by atoms with Gasteiger partial charge in [-0.3, -0.25) is 0 Å². The van der Waals surface area contributed by atoms with Crippen LogP contribution in [0, 0.1) is 13.8 Å². The van der Waals surface area contributed by atoms with E-state index in [-0.39, 0.29) is 10.8 Å². The molecule has 0 unspecified atom stereocenters. The zero-order valence-corrected chi connectivity index (χ0v) is 46.9. The molecular formula is C63H68O2S5. The molecule has 0 aliphatic rings. The van der Waals surface area contributed by atoms with Crippen LogP contribution in [0.5, 0.6) is 0 Å². The molecule has 2 nitrogen and oxygen atoms in total. The van der Waals surface area contributed by atoms with Crippen LogP contribution in [0.15, 0.2) is 102 Å². The van der Waals surface area contributed by atoms with Gasteiger partial charge < -0.3 is 5.11 Å². The van der Waals surface area contributed by atoms with E-state index < -0.39 is 5.97 Å². The molecule has 4 aromatic carbocycles. The Labute approximate surface area is 436 Å². The van der Waals surface area contributed by atoms with E-state index in [1.807, 2.05) is 57.5 Å². The molecule has 0 fully saturated rings. The quantitative estimate of drug-likeness (QED) is 0.0980. The second-order valence-corrected chi connectivity index (χ2v) is 26.6. The van der Waals surface area contributed by atoms with Crippen molar-refractivity contribution in [1.29, 1.82) is 0 Å². The van der Waals surface area contributed by atoms with Crippen LogP contribution in [-0.2, 0) is 23.7 Å². The molecule has 7 heteroatoms. The van der Waals surface area contributed by atoms with Crippen LogP contribution in [0.4, 0.5) is 0 Å². The monoisotopic (exact) mass is 1020 g/mol. The summed E-state index contributed by atoms with van der Waals surface area (Å²) in [6.45, 7) is 22.8. The number of aryl methyl sites for hydroxylation is 2. The third-order valence-corrected chi connectivity index (χ3v) is 20.4. The third kappa shape index (κ3) is 10.3. The highest BCUT2D eigenvalue weighted by molar-refractivity contribution is 7.30. The number of carbonyl (C=O) groups is 1. The van der Waals surface area contributed by atoms with Crippen molar-refractivity contribution in [3.63, 3.8) is 0 Å². The van der Waals surface area contributed by atoms with Gasteiger partial charge in [0.1, 0.15) is 0 Å². The van der Waals surface area contributed by atoms with Crippen LogP contribution in [0.25, 0.3) is 81.8 Å². The van der Waals surface area contributed by atoms with Gasteiger partial charge >= 0.3 is 5.97 Å². The van der Waals surface area contributed by atoms with Crippen molar-refractivity contribution in [2.24, 2.45) is 0 Å². The number of hydrogen-bond acceptors (Lipinski definition) is 6. The van der Waals surface area contributed by atoms with Gasteiger partial charge in [-0.15, -0.1) is 56.7 Å². The number of aromatic carboxylic acids is 1. The van der Waals surface area contributed by atoms with Crippen molar-refractivity contribution in [3.05, 3.63) is 141 Å². The number of rotatable bonds is 16. The smallest absolute Gasteiger partial charge is 0.335 e. The Kier molecular flexibility index (Phi) is 15.0. The largest absolute Gasteiger partial charge is 0.478 e. The molecule has 9 aromatic rings. The van der Waals surface area contributed by atoms with Crippen molar-refractivity contribution in [2.45, 2.75) is 144 Å². The highest BCUT2D eigenvalue weighted by Gasteiger charge is 2.25. The van der Waals surface area contributed by atoms with Crippen LogP contribution >= 0.6 is 56.7 Å². The van der Waals surface area contributed by atoms with Crippen LogP contribution in [-0.4, -0.2) is 11.1 Å². The van der Waals surface area contributed by atoms with Crippen molar-refractivity contribution >= 4 is 95.0 Å². The predicted molar refractivity (Wildman–Crippen MR) is 314 cm³/mol. The zero-order valence-electron chi connectivity index (χ0n) is 42.8. The molecule has 0 atom stereocenters. The highest BCUT2D eigenvalue weighted by Crippen LogP contribution is 2.51. The minimum absolute atomic E-state index is 0.118. The summed E-state index contributed by atoms with van der Waals surface area (Å²) in [5.74, 6) is -0.911. The van der Waals surface area contributed by atoms with Gasteiger partial charge in [-0.2, -0.15) is 0 Å². The van der Waals surface area contributed by atoms with Crippen molar-refractivity contribution in [2.75, 3.05) is 0 Å². The first kappa shape index (κ1) is 50.3. The second kappa shape index (κ2) is 20.8. The van der Waals surface area contributed by atoms with E-state index in [1.54, 1.807) is 17.2 Å². The van der Waals surface area contributed by atoms with Gasteiger partial charge in [-0.25, -0.2) is 4.79 Å². The highest BCUT2D eigenvalue weighted by atomic mass is 32.1. The third-order valence-electron chi connectivity index (χ3n) is 14.2. The van der Waals surface area contributed by atoms with Gasteiger partial charge in [0.15, 0.2) is 0 Å². The van der Waals surface area contributed by atoms with E-state index in [4.69, 9.17) is 0 Å². The predicted octanol–water partition coefficient (Wildman–Crippen LogP) is 21.5. The number of carboxylic acids is 1. The average molecular weight is 1020 g/mol. The normalized spacial score (nSPS) is 12.3. The van der Waals surface area contributed by atoms with Gasteiger partial charge in [0.25, 0.3) is 0 Å². The lowest BCUT2D eigenvalue weighted by molar-refractivity contribution is 0.0697. The molecule has 362 valence electrons. The fraction of sp³-hybridized carbons (Fsp3) is 0.349. The standard InChI is InChI=1S/C63H68O2S5/c1-11-13-15-17-20-45-46(21-18-16-14-12-2)60(70-59(45)57-29-27-54(68-57)53-22-19-31-66-53)58-30-28-56(69-58)55-26-25-52(67-55)51-34-41-32-42(62(5,6)7)35-47(38(41)3)50-33-40(61(64)65)23-24-44(50)48-36-43(63(8,9)10)37-49(51)39(48)4/h19,22-37H,11-18,20-21H2,1-10H3,(H,64,65). The number of hydrogen-bond donors (Lipinski definition) is 1. The molecule has 0 spiro atoms. The van der Waals surface area contributed by atoms with E-state index in [0.717, 1.165) is 39.9 Å². The summed E-state index contributed by atoms with van der Waals surface area (Å²) >= 11 is 9.72. The lowest BCUT2D eigenvalue weighted by atomic mass is 9.81. The maximum atomic E-state index is 12.5. The van der Waals surface area contributed by atoms with Crippen LogP contribution in [0.1, 0.15) is 150 Å². The lowest BCUT2D eigenvalue weighted by Crippen LogP contribution is -2.11. The van der Waals surface area contributed by atoms with Crippen LogP contribution in [0.2, 0.25) is 0 Å². The molecule has 1 N–H and O–H groups in total. The molecular weight excluding hydrogens is 949 g/mol. The Morgan fingerprint density at radius 3 is 1.54 bits per heavy atom. The molecule has 5 heterocycles. The Bertz CT molecular complexity index is 3370. The Morgan fingerprint density at radius 2 is 1.00 bits per heavy atom. The van der Waals surface area contributed by atoms with Gasteiger partial charge in [-0.1, -0.05) is 130 Å². The van der Waals surface area contributed by atoms with Crippen molar-refractivity contribution in [3.8, 4) is 49.5 Å². The molecule has 0 aliphatic heterocycles. The maximum absolute atomic E-state index is 12.5. The summed E-state index contributed by atoms with van der Waals surface area (Å²) in [4.78, 5) is 24.9. The van der Waals surface area contributed by atoms with E-state index >= 15 is 0 Å². The first-order valence-electron chi connectivity index (χ1n) is 25.4. The molecule has 9 rings (SSSR count). The SMILES string of the molecule is CCCCCCc1c(-c2ccc(-c3cccs3)s2)sc(-c2ccc(-c3ccc(-c4cc5cc(C(C)(C)C)cc(c5C)c5cc(C(=O)O)ccc5c5cc(C(C)(C)C)cc4c5C)s3)s2)c1CCCCCC. The molecule has 0 amide bonds. The van der Waals surface area contributed by atoms with Crippen LogP contribution < -0.4 is 0 Å². The first-order chi connectivity index (χ1) is 33.5. The maximum Gasteiger partial charge on any atom is 0.335 e. The first-order valence-corrected chi connectivity index (χ1v) is 29.6. The summed E-state index contributed by atoms with van der Waals surface area (Å²) in [5, 5.41) is 19.1. The molecule has 5 aromatic heterocycles. The minimum atomic E-state index is -0.911. The summed E-state index contributed by atoms with van der Waals surface area (Å²) in [6, 6.07) is 36.3. The van der Waals surface area contributed by atoms with Crippen LogP contribution in [0.3, 0.4) is 0 Å². The number of fused-ring (bicyclic) bond motifs is 7. The summed E-state index contributed by atoms with van der Waals surface area (Å²) in [5.41, 5.74) is 9.34. The van der Waals surface area contributed by atoms with Gasteiger partial charge in [-0.05, 0) is 188 Å². The van der Waals surface area contributed by atoms with Gasteiger partial charge in [0.05, 0.1) is 5.56 Å². The van der Waals surface area contributed by atoms with Gasteiger partial charge in [0.2, 0.25) is 0 Å². The Balaban J connectivity index is 1.22. The van der Waals surface area contributed by atoms with Gasteiger partial charge in [0, 0.05) is 43.9 Å². The summed E-state index contributed by atoms with van der Waals surface area (Å²) in [6.07, 6.45) is 12.4. The number of unbranched alkanes of at least 4 members (excludes halogenated alkanes) is 6. The topological polar surface area (TPSA) is 37.3 Å². The Hall–Kier alpha value is -4.63. The zero-order chi connectivity index (χ0) is 49.5. The lowest BCUT2D eigenvalue weighted by Gasteiger charge is -2.23.